The molecule has 0 spiro atoms. The highest BCUT2D eigenvalue weighted by atomic mass is 16.6. The third-order valence-electron chi connectivity index (χ3n) is 4.87. The number of aromatic nitrogens is 2. The lowest BCUT2D eigenvalue weighted by atomic mass is 10.00. The van der Waals surface area contributed by atoms with E-state index in [0.717, 1.165) is 19.3 Å². The van der Waals surface area contributed by atoms with Crippen LogP contribution in [-0.4, -0.2) is 57.9 Å². The maximum atomic E-state index is 12.7. The molecule has 0 aromatic carbocycles. The van der Waals surface area contributed by atoms with Gasteiger partial charge in [0.25, 0.3) is 5.56 Å². The van der Waals surface area contributed by atoms with Crippen molar-refractivity contribution in [3.63, 3.8) is 0 Å². The molecule has 1 aromatic heterocycles. The van der Waals surface area contributed by atoms with Crippen LogP contribution in [0, 0.1) is 6.92 Å². The molecule has 1 saturated heterocycles. The number of esters is 1. The Kier molecular flexibility index (Phi) is 8.25. The topological polar surface area (TPSA) is 103 Å². The molecule has 1 aliphatic rings. The Hall–Kier alpha value is -2.58. The van der Waals surface area contributed by atoms with Crippen molar-refractivity contribution in [2.75, 3.05) is 25.0 Å². The molecule has 1 aromatic rings. The summed E-state index contributed by atoms with van der Waals surface area (Å²) in [7, 11) is 0. The van der Waals surface area contributed by atoms with E-state index in [1.165, 1.54) is 4.57 Å². The molecule has 0 saturated carbocycles. The second-order valence-corrected chi connectivity index (χ2v) is 8.48. The molecular weight excluding hydrogens is 388 g/mol. The molecule has 9 heteroatoms. The SMILES string of the molecule is CCOC(=O)Cn1c(C)cnc(NCCC2CCCCN2C(=O)OC(C)(C)C)c1=O. The van der Waals surface area contributed by atoms with E-state index in [-0.39, 0.29) is 36.7 Å². The van der Waals surface area contributed by atoms with Gasteiger partial charge in [-0.2, -0.15) is 0 Å². The minimum Gasteiger partial charge on any atom is -0.465 e. The number of amides is 1. The van der Waals surface area contributed by atoms with Crippen LogP contribution in [-0.2, 0) is 20.8 Å². The number of aryl methyl sites for hydroxylation is 1. The zero-order chi connectivity index (χ0) is 22.3. The van der Waals surface area contributed by atoms with E-state index in [1.807, 2.05) is 20.8 Å². The number of anilines is 1. The average molecular weight is 423 g/mol. The Labute approximate surface area is 177 Å². The van der Waals surface area contributed by atoms with Crippen molar-refractivity contribution >= 4 is 17.9 Å². The lowest BCUT2D eigenvalue weighted by Gasteiger charge is -2.36. The van der Waals surface area contributed by atoms with Crippen LogP contribution in [0.5, 0.6) is 0 Å². The Balaban J connectivity index is 2.00. The normalized spacial score (nSPS) is 16.8. The molecule has 9 nitrogen and oxygen atoms in total. The largest absolute Gasteiger partial charge is 0.465 e. The Morgan fingerprint density at radius 2 is 2.03 bits per heavy atom. The van der Waals surface area contributed by atoms with Gasteiger partial charge in [-0.15, -0.1) is 0 Å². The second kappa shape index (κ2) is 10.4. The molecule has 2 heterocycles. The number of ether oxygens (including phenoxy) is 2. The van der Waals surface area contributed by atoms with Crippen molar-refractivity contribution in [1.82, 2.24) is 14.5 Å². The van der Waals surface area contributed by atoms with Gasteiger partial charge in [-0.1, -0.05) is 0 Å². The molecule has 1 atom stereocenters. The molecule has 0 bridgehead atoms. The van der Waals surface area contributed by atoms with E-state index in [9.17, 15) is 14.4 Å². The van der Waals surface area contributed by atoms with Gasteiger partial charge in [0.05, 0.1) is 6.61 Å². The maximum Gasteiger partial charge on any atom is 0.410 e. The molecule has 1 unspecified atom stereocenters. The summed E-state index contributed by atoms with van der Waals surface area (Å²) in [5, 5.41) is 3.07. The van der Waals surface area contributed by atoms with Crippen LogP contribution < -0.4 is 10.9 Å². The summed E-state index contributed by atoms with van der Waals surface area (Å²) in [6.07, 6.45) is 4.84. The van der Waals surface area contributed by atoms with Gasteiger partial charge in [-0.05, 0) is 60.3 Å². The number of nitrogens with zero attached hydrogens (tertiary/aromatic N) is 3. The first-order valence-electron chi connectivity index (χ1n) is 10.6. The smallest absolute Gasteiger partial charge is 0.410 e. The molecule has 0 aliphatic carbocycles. The molecule has 1 aliphatic heterocycles. The van der Waals surface area contributed by atoms with Crippen LogP contribution in [0.15, 0.2) is 11.0 Å². The minimum absolute atomic E-state index is 0.0494. The first kappa shape index (κ1) is 23.7. The number of likely N-dealkylation sites (tertiary alicyclic amines) is 1. The maximum absolute atomic E-state index is 12.7. The van der Waals surface area contributed by atoms with Gasteiger partial charge in [-0.3, -0.25) is 14.2 Å². The van der Waals surface area contributed by atoms with E-state index < -0.39 is 11.6 Å². The third-order valence-corrected chi connectivity index (χ3v) is 4.87. The third kappa shape index (κ3) is 6.74. The fourth-order valence-corrected chi connectivity index (χ4v) is 3.44. The van der Waals surface area contributed by atoms with Gasteiger partial charge in [-0.25, -0.2) is 9.78 Å². The highest BCUT2D eigenvalue weighted by Gasteiger charge is 2.30. The molecular formula is C21H34N4O5. The summed E-state index contributed by atoms with van der Waals surface area (Å²) < 4.78 is 11.8. The summed E-state index contributed by atoms with van der Waals surface area (Å²) in [5.41, 5.74) is -0.314. The number of hydrogen-bond acceptors (Lipinski definition) is 7. The van der Waals surface area contributed by atoms with E-state index >= 15 is 0 Å². The number of rotatable bonds is 7. The van der Waals surface area contributed by atoms with Gasteiger partial charge >= 0.3 is 12.1 Å². The van der Waals surface area contributed by atoms with Gasteiger partial charge in [0.1, 0.15) is 12.1 Å². The highest BCUT2D eigenvalue weighted by molar-refractivity contribution is 5.69. The fraction of sp³-hybridized carbons (Fsp3) is 0.714. The first-order chi connectivity index (χ1) is 14.1. The van der Waals surface area contributed by atoms with Crippen LogP contribution in [0.1, 0.15) is 59.1 Å². The molecule has 1 amide bonds. The van der Waals surface area contributed by atoms with Crippen molar-refractivity contribution in [3.8, 4) is 0 Å². The van der Waals surface area contributed by atoms with Crippen LogP contribution in [0.2, 0.25) is 0 Å². The van der Waals surface area contributed by atoms with Crippen LogP contribution in [0.3, 0.4) is 0 Å². The first-order valence-corrected chi connectivity index (χ1v) is 10.6. The van der Waals surface area contributed by atoms with Gasteiger partial charge in [0.2, 0.25) is 0 Å². The minimum atomic E-state index is -0.535. The van der Waals surface area contributed by atoms with Gasteiger partial charge in [0.15, 0.2) is 5.82 Å². The van der Waals surface area contributed by atoms with Crippen LogP contribution >= 0.6 is 0 Å². The Morgan fingerprint density at radius 3 is 2.70 bits per heavy atom. The number of piperidine rings is 1. The van der Waals surface area contributed by atoms with E-state index in [0.29, 0.717) is 25.2 Å². The molecule has 2 rings (SSSR count). The molecule has 30 heavy (non-hydrogen) atoms. The predicted molar refractivity (Wildman–Crippen MR) is 114 cm³/mol. The van der Waals surface area contributed by atoms with Crippen LogP contribution in [0.25, 0.3) is 0 Å². The second-order valence-electron chi connectivity index (χ2n) is 8.48. The summed E-state index contributed by atoms with van der Waals surface area (Å²) in [5.74, 6) is -0.278. The van der Waals surface area contributed by atoms with Crippen LogP contribution in [0.4, 0.5) is 10.6 Å². The van der Waals surface area contributed by atoms with Crippen molar-refractivity contribution < 1.29 is 19.1 Å². The molecule has 168 valence electrons. The van der Waals surface area contributed by atoms with E-state index in [2.05, 4.69) is 10.3 Å². The standard InChI is InChI=1S/C21H34N4O5/c1-6-29-17(26)14-25-15(2)13-23-18(19(25)27)22-11-10-16-9-7-8-12-24(16)20(28)30-21(3,4)5/h13,16H,6-12,14H2,1-5H3,(H,22,23). The summed E-state index contributed by atoms with van der Waals surface area (Å²) in [6, 6.07) is 0.0494. The van der Waals surface area contributed by atoms with Crippen molar-refractivity contribution in [2.24, 2.45) is 0 Å². The van der Waals surface area contributed by atoms with Crippen molar-refractivity contribution in [1.29, 1.82) is 0 Å². The molecule has 1 fully saturated rings. The zero-order valence-electron chi connectivity index (χ0n) is 18.7. The summed E-state index contributed by atoms with van der Waals surface area (Å²) in [6.45, 7) is 10.3. The fourth-order valence-electron chi connectivity index (χ4n) is 3.44. The summed E-state index contributed by atoms with van der Waals surface area (Å²) >= 11 is 0. The van der Waals surface area contributed by atoms with E-state index in [4.69, 9.17) is 9.47 Å². The Bertz CT molecular complexity index is 800. The van der Waals surface area contributed by atoms with E-state index in [1.54, 1.807) is 24.9 Å². The lowest BCUT2D eigenvalue weighted by molar-refractivity contribution is -0.143. The predicted octanol–water partition coefficient (Wildman–Crippen LogP) is 2.71. The number of carbonyl (C=O) groups is 2. The quantitative estimate of drug-likeness (QED) is 0.674. The number of carbonyl (C=O) groups excluding carboxylic acids is 2. The van der Waals surface area contributed by atoms with Crippen molar-refractivity contribution in [3.05, 3.63) is 22.2 Å². The average Bonchev–Trinajstić information content (AvgIpc) is 2.66. The Morgan fingerprint density at radius 1 is 1.30 bits per heavy atom. The zero-order valence-corrected chi connectivity index (χ0v) is 18.7. The highest BCUT2D eigenvalue weighted by Crippen LogP contribution is 2.22. The van der Waals surface area contributed by atoms with Crippen molar-refractivity contribution in [2.45, 2.75) is 78.5 Å². The number of hydrogen-bond donors (Lipinski definition) is 1. The molecule has 1 N–H and O–H groups in total. The number of nitrogens with one attached hydrogen (secondary N) is 1. The lowest BCUT2D eigenvalue weighted by Crippen LogP contribution is -2.46. The van der Waals surface area contributed by atoms with Gasteiger partial charge in [0, 0.05) is 31.0 Å². The van der Waals surface area contributed by atoms with Gasteiger partial charge < -0.3 is 19.7 Å². The molecule has 0 radical (unpaired) electrons. The summed E-state index contributed by atoms with van der Waals surface area (Å²) in [4.78, 5) is 43.0. The monoisotopic (exact) mass is 422 g/mol.